The fraction of sp³-hybridized carbons (Fsp3) is 0.250. The van der Waals surface area contributed by atoms with Gasteiger partial charge >= 0.3 is 35.3 Å². The van der Waals surface area contributed by atoms with Crippen LogP contribution in [0, 0.1) is 0 Å². The van der Waals surface area contributed by atoms with Crippen LogP contribution in [0.3, 0.4) is 0 Å². The molecule has 2 atom stereocenters. The molecular weight excluding hydrogens is 486 g/mol. The number of nitrogens with one attached hydrogen (secondary N) is 2. The van der Waals surface area contributed by atoms with Crippen molar-refractivity contribution in [2.24, 2.45) is 0 Å². The van der Waals surface area contributed by atoms with Crippen molar-refractivity contribution < 1.29 is 16.5 Å². The molecule has 2 rings (SSSR count). The van der Waals surface area contributed by atoms with Gasteiger partial charge in [0.1, 0.15) is 0 Å². The topological polar surface area (TPSA) is 47.6 Å². The zero-order chi connectivity index (χ0) is 16.1. The van der Waals surface area contributed by atoms with E-state index in [1.54, 1.807) is 0 Å². The van der Waals surface area contributed by atoms with Gasteiger partial charge in [0.25, 0.3) is 0 Å². The third kappa shape index (κ3) is 10.9. The van der Waals surface area contributed by atoms with Gasteiger partial charge in [-0.25, -0.2) is 0 Å². The quantitative estimate of drug-likeness (QED) is 0.422. The van der Waals surface area contributed by atoms with Crippen molar-refractivity contribution >= 4 is 18.8 Å². The Kier molecular flexibility index (Phi) is 13.1. The molecule has 0 aliphatic heterocycles. The summed E-state index contributed by atoms with van der Waals surface area (Å²) in [6.07, 6.45) is 0. The zero-order valence-corrected chi connectivity index (χ0v) is 15.8. The van der Waals surface area contributed by atoms with Crippen molar-refractivity contribution in [3.8, 4) is 0 Å². The molecule has 0 spiro atoms. The van der Waals surface area contributed by atoms with E-state index in [4.69, 9.17) is 30.3 Å². The van der Waals surface area contributed by atoms with Gasteiger partial charge in [-0.3, -0.25) is 0 Å². The summed E-state index contributed by atoms with van der Waals surface area (Å²) in [5, 5.41) is 0. The van der Waals surface area contributed by atoms with E-state index in [0.717, 1.165) is 11.1 Å². The molecule has 0 aromatic heterocycles. The normalized spacial score (nSPS) is 12.3. The molecule has 21 heavy (non-hydrogen) atoms. The van der Waals surface area contributed by atoms with Crippen molar-refractivity contribution in [3.63, 3.8) is 0 Å². The zero-order valence-electron chi connectivity index (χ0n) is 12.0. The van der Waals surface area contributed by atoms with Crippen LogP contribution in [0.25, 0.3) is 11.5 Å². The van der Waals surface area contributed by atoms with Gasteiger partial charge in [-0.1, -0.05) is 85.6 Å². The fourth-order valence-corrected chi connectivity index (χ4v) is 1.48. The molecule has 118 valence electrons. The summed E-state index contributed by atoms with van der Waals surface area (Å²) in [6.45, 7) is 3.74. The molecule has 0 radical (unpaired) electrons. The number of halogens is 2. The maximum absolute atomic E-state index is 7.32. The molecule has 0 aliphatic rings. The molecule has 0 heterocycles. The van der Waals surface area contributed by atoms with Gasteiger partial charge < -0.3 is 11.5 Å². The first-order chi connectivity index (χ1) is 10.0. The third-order valence-electron chi connectivity index (χ3n) is 2.60. The standard InChI is InChI=1S/2C8H10N.2ClH.Pt/c2*1-7(9)8-5-3-2-4-6-8;;;/h2*2-7,9H,1H3;2*1H;/q2*-1;;;+4/p-2/t2*7-;;;/m11.../s1. The van der Waals surface area contributed by atoms with Crippen molar-refractivity contribution in [2.75, 3.05) is 0 Å². The second kappa shape index (κ2) is 13.3. The SMILES string of the molecule is C[C@@H]([NH-])c1ccccc1.C[C@@H]([NH-])c1ccccc1.[Cl][Pt+2][Cl]. The van der Waals surface area contributed by atoms with E-state index in [-0.39, 0.29) is 12.1 Å². The van der Waals surface area contributed by atoms with Crippen LogP contribution in [-0.2, 0) is 16.5 Å². The Hall–Kier alpha value is -0.372. The molecule has 0 amide bonds. The van der Waals surface area contributed by atoms with Crippen LogP contribution in [0.15, 0.2) is 60.7 Å². The molecule has 0 unspecified atom stereocenters. The first kappa shape index (κ1) is 20.6. The van der Waals surface area contributed by atoms with Crippen LogP contribution in [0.1, 0.15) is 37.1 Å². The molecule has 0 saturated carbocycles. The molecule has 0 bridgehead atoms. The average Bonchev–Trinajstić information content (AvgIpc) is 2.50. The van der Waals surface area contributed by atoms with E-state index < -0.39 is 16.5 Å². The number of rotatable bonds is 2. The predicted octanol–water partition coefficient (Wildman–Crippen LogP) is 6.98. The van der Waals surface area contributed by atoms with Crippen LogP contribution in [0.2, 0.25) is 0 Å². The van der Waals surface area contributed by atoms with E-state index in [9.17, 15) is 0 Å². The Morgan fingerprint density at radius 2 is 0.952 bits per heavy atom. The van der Waals surface area contributed by atoms with Gasteiger partial charge in [-0.2, -0.15) is 0 Å². The summed E-state index contributed by atoms with van der Waals surface area (Å²) >= 11 is -0.472. The van der Waals surface area contributed by atoms with Crippen LogP contribution < -0.4 is 0 Å². The summed E-state index contributed by atoms with van der Waals surface area (Å²) in [7, 11) is 9.75. The second-order valence-electron chi connectivity index (χ2n) is 4.31. The van der Waals surface area contributed by atoms with Crippen molar-refractivity contribution in [1.82, 2.24) is 0 Å². The number of benzene rings is 2. The molecule has 2 nitrogen and oxygen atoms in total. The summed E-state index contributed by atoms with van der Waals surface area (Å²) in [5.74, 6) is 0. The van der Waals surface area contributed by atoms with Gasteiger partial charge in [0, 0.05) is 0 Å². The molecule has 0 fully saturated rings. The Labute approximate surface area is 144 Å². The molecular formula is C16H20Cl2N2Pt. The summed E-state index contributed by atoms with van der Waals surface area (Å²) < 4.78 is 0. The third-order valence-corrected chi connectivity index (χ3v) is 2.60. The minimum absolute atomic E-state index is 0.0915. The molecule has 0 aliphatic carbocycles. The van der Waals surface area contributed by atoms with Gasteiger partial charge in [-0.15, -0.1) is 12.1 Å². The van der Waals surface area contributed by atoms with Crippen molar-refractivity contribution in [1.29, 1.82) is 0 Å². The van der Waals surface area contributed by atoms with E-state index in [1.807, 2.05) is 74.5 Å². The molecule has 5 heteroatoms. The Bertz CT molecular complexity index is 407. The van der Waals surface area contributed by atoms with E-state index in [1.165, 1.54) is 0 Å². The average molecular weight is 506 g/mol. The fourth-order valence-electron chi connectivity index (χ4n) is 1.48. The van der Waals surface area contributed by atoms with E-state index in [0.29, 0.717) is 0 Å². The van der Waals surface area contributed by atoms with Crippen LogP contribution >= 0.6 is 18.8 Å². The molecule has 2 aromatic rings. The van der Waals surface area contributed by atoms with E-state index >= 15 is 0 Å². The van der Waals surface area contributed by atoms with Gasteiger partial charge in [0.05, 0.1) is 0 Å². The Morgan fingerprint density at radius 3 is 1.10 bits per heavy atom. The second-order valence-corrected chi connectivity index (χ2v) is 7.59. The Morgan fingerprint density at radius 1 is 0.714 bits per heavy atom. The first-order valence-corrected chi connectivity index (χ1v) is 12.0. The van der Waals surface area contributed by atoms with Crippen molar-refractivity contribution in [3.05, 3.63) is 83.3 Å². The van der Waals surface area contributed by atoms with E-state index in [2.05, 4.69) is 0 Å². The summed E-state index contributed by atoms with van der Waals surface area (Å²) in [6, 6.07) is 19.5. The Balaban J connectivity index is 0.000000322. The maximum atomic E-state index is 7.32. The summed E-state index contributed by atoms with van der Waals surface area (Å²) in [5.41, 5.74) is 16.8. The first-order valence-electron chi connectivity index (χ1n) is 6.37. The monoisotopic (exact) mass is 505 g/mol. The summed E-state index contributed by atoms with van der Waals surface area (Å²) in [4.78, 5) is 0. The van der Waals surface area contributed by atoms with Crippen LogP contribution in [0.4, 0.5) is 0 Å². The molecule has 2 N–H and O–H groups in total. The predicted molar refractivity (Wildman–Crippen MR) is 90.1 cm³/mol. The van der Waals surface area contributed by atoms with Crippen LogP contribution in [0.5, 0.6) is 0 Å². The molecule has 2 aromatic carbocycles. The van der Waals surface area contributed by atoms with Gasteiger partial charge in [0.2, 0.25) is 0 Å². The van der Waals surface area contributed by atoms with Crippen LogP contribution in [-0.4, -0.2) is 0 Å². The van der Waals surface area contributed by atoms with Crippen molar-refractivity contribution in [2.45, 2.75) is 25.9 Å². The van der Waals surface area contributed by atoms with Gasteiger partial charge in [0.15, 0.2) is 0 Å². The number of hydrogen-bond acceptors (Lipinski definition) is 0. The number of hydrogen-bond donors (Lipinski definition) is 0. The van der Waals surface area contributed by atoms with Gasteiger partial charge in [-0.05, 0) is 0 Å². The minimum atomic E-state index is -0.472. The molecule has 0 saturated heterocycles.